The van der Waals surface area contributed by atoms with Crippen molar-refractivity contribution in [2.75, 3.05) is 19.0 Å². The maximum Gasteiger partial charge on any atom is 0.271 e. The minimum absolute atomic E-state index is 0.0604. The van der Waals surface area contributed by atoms with Crippen molar-refractivity contribution in [1.82, 2.24) is 4.90 Å². The number of nitrogens with zero attached hydrogens (tertiary/aromatic N) is 2. The Morgan fingerprint density at radius 1 is 1.33 bits per heavy atom. The summed E-state index contributed by atoms with van der Waals surface area (Å²) in [6.45, 7) is 0.391. The number of rotatable bonds is 8. The second-order valence-electron chi connectivity index (χ2n) is 6.42. The smallest absolute Gasteiger partial charge is 0.271 e. The first-order valence-corrected chi connectivity index (χ1v) is 8.57. The number of methoxy groups -OCH3 is 1. The Morgan fingerprint density at radius 3 is 2.70 bits per heavy atom. The Morgan fingerprint density at radius 2 is 2.07 bits per heavy atom. The summed E-state index contributed by atoms with van der Waals surface area (Å²) in [4.78, 5) is 24.8. The van der Waals surface area contributed by atoms with Crippen LogP contribution in [0.3, 0.4) is 0 Å². The summed E-state index contributed by atoms with van der Waals surface area (Å²) in [7, 11) is 1.42. The molecule has 142 valence electrons. The molecule has 0 saturated heterocycles. The Hall–Kier alpha value is -3.00. The minimum atomic E-state index is -0.538. The van der Waals surface area contributed by atoms with E-state index in [2.05, 4.69) is 5.32 Å². The number of amides is 1. The fourth-order valence-electron chi connectivity index (χ4n) is 2.88. The first kappa shape index (κ1) is 18.8. The van der Waals surface area contributed by atoms with Crippen LogP contribution in [0.1, 0.15) is 18.4 Å². The van der Waals surface area contributed by atoms with Gasteiger partial charge in [-0.3, -0.25) is 19.8 Å². The number of hydrogen-bond acceptors (Lipinski definition) is 5. The second kappa shape index (κ2) is 8.13. The highest BCUT2D eigenvalue weighted by Crippen LogP contribution is 2.30. The molecule has 7 nitrogen and oxygen atoms in total. The number of hydrogen-bond donors (Lipinski definition) is 1. The number of nitrogens with one attached hydrogen (secondary N) is 1. The fraction of sp³-hybridized carbons (Fsp3) is 0.316. The summed E-state index contributed by atoms with van der Waals surface area (Å²) >= 11 is 0. The highest BCUT2D eigenvalue weighted by molar-refractivity contribution is 5.94. The number of anilines is 1. The third-order valence-electron chi connectivity index (χ3n) is 4.41. The predicted octanol–water partition coefficient (Wildman–Crippen LogP) is 3.35. The highest BCUT2D eigenvalue weighted by Gasteiger charge is 2.31. The van der Waals surface area contributed by atoms with Crippen LogP contribution in [0.25, 0.3) is 0 Å². The molecule has 1 fully saturated rings. The van der Waals surface area contributed by atoms with Gasteiger partial charge in [-0.25, -0.2) is 4.39 Å². The van der Waals surface area contributed by atoms with Gasteiger partial charge in [0.15, 0.2) is 0 Å². The van der Waals surface area contributed by atoms with Crippen molar-refractivity contribution < 1.29 is 18.8 Å². The molecular formula is C19H20FN3O4. The van der Waals surface area contributed by atoms with Crippen LogP contribution in [0.4, 0.5) is 15.8 Å². The van der Waals surface area contributed by atoms with Gasteiger partial charge in [-0.15, -0.1) is 0 Å². The Bertz CT molecular complexity index is 855. The lowest BCUT2D eigenvalue weighted by atomic mass is 10.2. The molecule has 1 saturated carbocycles. The largest absolute Gasteiger partial charge is 0.495 e. The molecule has 0 aromatic heterocycles. The van der Waals surface area contributed by atoms with E-state index in [1.807, 2.05) is 4.90 Å². The van der Waals surface area contributed by atoms with Crippen molar-refractivity contribution in [3.63, 3.8) is 0 Å². The van der Waals surface area contributed by atoms with Crippen LogP contribution < -0.4 is 10.1 Å². The van der Waals surface area contributed by atoms with Crippen LogP contribution in [0, 0.1) is 15.9 Å². The van der Waals surface area contributed by atoms with Gasteiger partial charge in [0.25, 0.3) is 5.69 Å². The maximum absolute atomic E-state index is 13.9. The van der Waals surface area contributed by atoms with Gasteiger partial charge in [0, 0.05) is 30.3 Å². The molecule has 0 radical (unpaired) electrons. The molecule has 1 aliphatic rings. The fourth-order valence-corrected chi connectivity index (χ4v) is 2.88. The average Bonchev–Trinajstić information content (AvgIpc) is 3.48. The predicted molar refractivity (Wildman–Crippen MR) is 98.1 cm³/mol. The number of carbonyl (C=O) groups excluding carboxylic acids is 1. The van der Waals surface area contributed by atoms with Crippen LogP contribution in [-0.4, -0.2) is 35.4 Å². The Kier molecular flexibility index (Phi) is 5.66. The minimum Gasteiger partial charge on any atom is -0.495 e. The topological polar surface area (TPSA) is 84.7 Å². The highest BCUT2D eigenvalue weighted by atomic mass is 19.1. The van der Waals surface area contributed by atoms with E-state index in [0.717, 1.165) is 12.8 Å². The zero-order chi connectivity index (χ0) is 19.4. The van der Waals surface area contributed by atoms with Gasteiger partial charge in [-0.05, 0) is 25.0 Å². The zero-order valence-electron chi connectivity index (χ0n) is 14.9. The molecular weight excluding hydrogens is 353 g/mol. The molecule has 1 amide bonds. The zero-order valence-corrected chi connectivity index (χ0v) is 14.9. The Labute approximate surface area is 155 Å². The standard InChI is InChI=1S/C19H20FN3O4/c1-27-18-9-8-15(23(25)26)10-17(18)21-19(24)12-22(14-6-7-14)11-13-4-2-3-5-16(13)20/h2-5,8-10,14H,6-7,11-12H2,1H3,(H,21,24). The summed E-state index contributed by atoms with van der Waals surface area (Å²) in [5.41, 5.74) is 0.625. The van der Waals surface area contributed by atoms with Crippen molar-refractivity contribution in [3.05, 3.63) is 64.0 Å². The lowest BCUT2D eigenvalue weighted by Gasteiger charge is -2.22. The van der Waals surface area contributed by atoms with Crippen molar-refractivity contribution in [1.29, 1.82) is 0 Å². The van der Waals surface area contributed by atoms with Gasteiger partial charge in [0.1, 0.15) is 11.6 Å². The molecule has 2 aromatic carbocycles. The average molecular weight is 373 g/mol. The molecule has 27 heavy (non-hydrogen) atoms. The number of carbonyl (C=O) groups is 1. The molecule has 0 unspecified atom stereocenters. The van der Waals surface area contributed by atoms with Gasteiger partial charge < -0.3 is 10.1 Å². The van der Waals surface area contributed by atoms with Crippen molar-refractivity contribution in [3.8, 4) is 5.75 Å². The van der Waals surface area contributed by atoms with Gasteiger partial charge in [0.05, 0.1) is 24.3 Å². The molecule has 0 heterocycles. The van der Waals surface area contributed by atoms with E-state index in [1.165, 1.54) is 31.4 Å². The quantitative estimate of drug-likeness (QED) is 0.567. The molecule has 3 rings (SSSR count). The summed E-state index contributed by atoms with van der Waals surface area (Å²) < 4.78 is 19.1. The van der Waals surface area contributed by atoms with Crippen LogP contribution in [0.15, 0.2) is 42.5 Å². The number of ether oxygens (including phenoxy) is 1. The molecule has 8 heteroatoms. The number of benzene rings is 2. The number of nitro groups is 1. The van der Waals surface area contributed by atoms with E-state index < -0.39 is 4.92 Å². The molecule has 0 aliphatic heterocycles. The third-order valence-corrected chi connectivity index (χ3v) is 4.41. The molecule has 2 aromatic rings. The van der Waals surface area contributed by atoms with Gasteiger partial charge in [-0.1, -0.05) is 18.2 Å². The second-order valence-corrected chi connectivity index (χ2v) is 6.42. The van der Waals surface area contributed by atoms with E-state index in [0.29, 0.717) is 17.9 Å². The Balaban J connectivity index is 1.71. The molecule has 1 aliphatic carbocycles. The van der Waals surface area contributed by atoms with Gasteiger partial charge >= 0.3 is 0 Å². The lowest BCUT2D eigenvalue weighted by Crippen LogP contribution is -2.34. The van der Waals surface area contributed by atoms with E-state index in [9.17, 15) is 19.3 Å². The molecule has 0 atom stereocenters. The first-order valence-electron chi connectivity index (χ1n) is 8.57. The van der Waals surface area contributed by atoms with E-state index in [4.69, 9.17) is 4.74 Å². The monoisotopic (exact) mass is 373 g/mol. The van der Waals surface area contributed by atoms with Crippen LogP contribution >= 0.6 is 0 Å². The van der Waals surface area contributed by atoms with Crippen LogP contribution in [0.5, 0.6) is 5.75 Å². The SMILES string of the molecule is COc1ccc([N+](=O)[O-])cc1NC(=O)CN(Cc1ccccc1F)C1CC1. The summed E-state index contributed by atoms with van der Waals surface area (Å²) in [5.74, 6) is -0.304. The number of nitro benzene ring substituents is 1. The summed E-state index contributed by atoms with van der Waals surface area (Å²) in [6.07, 6.45) is 1.92. The first-order chi connectivity index (χ1) is 13.0. The number of halogens is 1. The molecule has 0 bridgehead atoms. The van der Waals surface area contributed by atoms with Crippen LogP contribution in [-0.2, 0) is 11.3 Å². The van der Waals surface area contributed by atoms with Crippen LogP contribution in [0.2, 0.25) is 0 Å². The van der Waals surface area contributed by atoms with Crippen molar-refractivity contribution in [2.45, 2.75) is 25.4 Å². The van der Waals surface area contributed by atoms with Crippen molar-refractivity contribution >= 4 is 17.3 Å². The van der Waals surface area contributed by atoms with Crippen molar-refractivity contribution in [2.24, 2.45) is 0 Å². The molecule has 1 N–H and O–H groups in total. The third kappa shape index (κ3) is 4.79. The summed E-state index contributed by atoms with van der Waals surface area (Å²) in [5, 5.41) is 13.6. The van der Waals surface area contributed by atoms with E-state index >= 15 is 0 Å². The van der Waals surface area contributed by atoms with Gasteiger partial charge in [0.2, 0.25) is 5.91 Å². The normalized spacial score (nSPS) is 13.4. The van der Waals surface area contributed by atoms with E-state index in [1.54, 1.807) is 18.2 Å². The number of non-ortho nitro benzene ring substituents is 1. The van der Waals surface area contributed by atoms with E-state index in [-0.39, 0.29) is 35.7 Å². The van der Waals surface area contributed by atoms with Gasteiger partial charge in [-0.2, -0.15) is 0 Å². The summed E-state index contributed by atoms with van der Waals surface area (Å²) in [6, 6.07) is 10.7. The lowest BCUT2D eigenvalue weighted by molar-refractivity contribution is -0.384. The maximum atomic E-state index is 13.9. The molecule has 0 spiro atoms.